The third-order valence-corrected chi connectivity index (χ3v) is 9.36. The zero-order chi connectivity index (χ0) is 34.4. The molecule has 20 heteroatoms. The number of aliphatic carboxylic acids is 1. The van der Waals surface area contributed by atoms with E-state index in [0.29, 0.717) is 13.1 Å². The molecule has 0 aromatic heterocycles. The number of hydrogen-bond donors (Lipinski definition) is 6. The number of ether oxygens (including phenoxy) is 1. The highest BCUT2D eigenvalue weighted by molar-refractivity contribution is 7.87. The Morgan fingerprint density at radius 1 is 1.17 bits per heavy atom. The van der Waals surface area contributed by atoms with E-state index in [2.05, 4.69) is 31.0 Å². The zero-order valence-electron chi connectivity index (χ0n) is 26.6. The van der Waals surface area contributed by atoms with Crippen LogP contribution in [0.5, 0.6) is 0 Å². The Labute approximate surface area is 273 Å². The minimum absolute atomic E-state index is 0.0907. The van der Waals surface area contributed by atoms with Crippen molar-refractivity contribution in [1.29, 1.82) is 0 Å². The van der Waals surface area contributed by atoms with Crippen molar-refractivity contribution >= 4 is 51.9 Å². The van der Waals surface area contributed by atoms with Crippen molar-refractivity contribution < 1.29 is 42.2 Å². The molecule has 47 heavy (non-hydrogen) atoms. The highest BCUT2D eigenvalue weighted by atomic mass is 32.2. The molecule has 0 unspecified atom stereocenters. The molecule has 1 aliphatic carbocycles. The number of carboxylic acid groups (broad SMARTS) is 1. The zero-order valence-corrected chi connectivity index (χ0v) is 27.4. The maximum atomic E-state index is 13.8. The number of carbonyl (C=O) groups excluding carboxylic acids is 4. The molecule has 0 aromatic carbocycles. The SMILES string of the molecule is CC(=O)O.NN=CN1CCC[C@@H](CNC(=O)C[C@H](NS(=O)(=O)N2CCOCC2)C(=O)N(CCNC(=O)C2=NNC(=O)CC2)C2CC2)C1. The van der Waals surface area contributed by atoms with Gasteiger partial charge in [-0.1, -0.05) is 0 Å². The van der Waals surface area contributed by atoms with Gasteiger partial charge >= 0.3 is 0 Å². The van der Waals surface area contributed by atoms with E-state index < -0.39 is 39.9 Å². The lowest BCUT2D eigenvalue weighted by molar-refractivity contribution is -0.136. The van der Waals surface area contributed by atoms with Gasteiger partial charge in [0.05, 0.1) is 19.6 Å². The Balaban J connectivity index is 0.00000142. The second-order valence-corrected chi connectivity index (χ2v) is 13.3. The standard InChI is InChI=1S/C25H42N10O7S.C2H4O2/c26-29-17-33-8-1-2-18(16-33)15-28-23(37)14-21(32-43(40,41)34-10-12-42-13-11-34)25(39)35(19-3-4-19)9-7-27-24(38)20-5-6-22(36)31-30-20;1-2(3)4/h17-19,21,32H,1-16,26H2,(H,27,38)(H,28,37)(H,31,36);1H3,(H,3,4)/t18-,21-;/m0./s1. The summed E-state index contributed by atoms with van der Waals surface area (Å²) in [5.74, 6) is 2.89. The lowest BCUT2D eigenvalue weighted by atomic mass is 9.98. The molecule has 3 aliphatic heterocycles. The summed E-state index contributed by atoms with van der Waals surface area (Å²) in [6.07, 6.45) is 4.85. The Morgan fingerprint density at radius 2 is 1.87 bits per heavy atom. The lowest BCUT2D eigenvalue weighted by Gasteiger charge is -2.32. The summed E-state index contributed by atoms with van der Waals surface area (Å²) in [7, 11) is -4.09. The highest BCUT2D eigenvalue weighted by Gasteiger charge is 2.39. The number of morpholine rings is 1. The number of nitrogens with one attached hydrogen (secondary N) is 4. The topological polar surface area (TPSA) is 258 Å². The fraction of sp³-hybridized carbons (Fsp3) is 0.741. The summed E-state index contributed by atoms with van der Waals surface area (Å²) in [6, 6.07) is -1.46. The van der Waals surface area contributed by atoms with Crippen LogP contribution in [0.1, 0.15) is 51.9 Å². The largest absolute Gasteiger partial charge is 0.481 e. The number of amides is 4. The predicted octanol–water partition coefficient (Wildman–Crippen LogP) is -2.89. The minimum atomic E-state index is -4.09. The maximum absolute atomic E-state index is 13.8. The number of carbonyl (C=O) groups is 5. The predicted molar refractivity (Wildman–Crippen MR) is 169 cm³/mol. The van der Waals surface area contributed by atoms with Gasteiger partial charge in [-0.25, -0.2) is 5.43 Å². The van der Waals surface area contributed by atoms with Gasteiger partial charge in [0.2, 0.25) is 17.7 Å². The van der Waals surface area contributed by atoms with Gasteiger partial charge in [-0.15, -0.1) is 0 Å². The van der Waals surface area contributed by atoms with Crippen LogP contribution in [0, 0.1) is 5.92 Å². The molecule has 0 radical (unpaired) electrons. The fourth-order valence-corrected chi connectivity index (χ4v) is 6.61. The normalized spacial score (nSPS) is 21.0. The Bertz CT molecular complexity index is 1280. The number of hydrogen-bond acceptors (Lipinski definition) is 11. The Kier molecular flexibility index (Phi) is 14.8. The van der Waals surface area contributed by atoms with Gasteiger partial charge in [0.25, 0.3) is 22.1 Å². The summed E-state index contributed by atoms with van der Waals surface area (Å²) in [5.41, 5.74) is 2.46. The molecular weight excluding hydrogens is 640 g/mol. The molecule has 4 rings (SSSR count). The number of carboxylic acids is 1. The van der Waals surface area contributed by atoms with E-state index in [4.69, 9.17) is 20.5 Å². The fourth-order valence-electron chi connectivity index (χ4n) is 5.29. The van der Waals surface area contributed by atoms with Crippen molar-refractivity contribution in [1.82, 2.24) is 34.9 Å². The number of nitrogens with two attached hydrogens (primary N) is 1. The Morgan fingerprint density at radius 3 is 2.49 bits per heavy atom. The van der Waals surface area contributed by atoms with Gasteiger partial charge in [-0.2, -0.15) is 27.6 Å². The van der Waals surface area contributed by atoms with Crippen molar-refractivity contribution in [2.75, 3.05) is 59.0 Å². The Hall–Kier alpha value is -3.88. The summed E-state index contributed by atoms with van der Waals surface area (Å²) < 4.78 is 35.4. The highest BCUT2D eigenvalue weighted by Crippen LogP contribution is 2.27. The van der Waals surface area contributed by atoms with Gasteiger partial charge in [-0.05, 0) is 31.6 Å². The number of rotatable bonds is 14. The first kappa shape index (κ1) is 37.6. The van der Waals surface area contributed by atoms with E-state index in [9.17, 15) is 27.6 Å². The molecule has 0 aromatic rings. The van der Waals surface area contributed by atoms with Crippen molar-refractivity contribution in [3.05, 3.63) is 0 Å². The molecule has 7 N–H and O–H groups in total. The molecule has 4 amide bonds. The van der Waals surface area contributed by atoms with Gasteiger partial charge in [-0.3, -0.25) is 24.0 Å². The number of nitrogens with zero attached hydrogens (tertiary/aromatic N) is 5. The molecule has 3 fully saturated rings. The van der Waals surface area contributed by atoms with Crippen LogP contribution in [0.3, 0.4) is 0 Å². The first-order valence-corrected chi connectivity index (χ1v) is 17.1. The summed E-state index contributed by atoms with van der Waals surface area (Å²) in [4.78, 5) is 63.2. The van der Waals surface area contributed by atoms with Gasteiger partial charge < -0.3 is 36.1 Å². The molecule has 4 aliphatic rings. The smallest absolute Gasteiger partial charge is 0.300 e. The van der Waals surface area contributed by atoms with Crippen LogP contribution in [0.25, 0.3) is 0 Å². The van der Waals surface area contributed by atoms with Crippen molar-refractivity contribution in [2.24, 2.45) is 22.0 Å². The molecule has 264 valence electrons. The van der Waals surface area contributed by atoms with Gasteiger partial charge in [0.15, 0.2) is 0 Å². The van der Waals surface area contributed by atoms with Crippen LogP contribution in [-0.4, -0.2) is 140 Å². The first-order chi connectivity index (χ1) is 22.4. The second kappa shape index (κ2) is 18.5. The molecule has 3 heterocycles. The minimum Gasteiger partial charge on any atom is -0.481 e. The molecule has 1 saturated carbocycles. The van der Waals surface area contributed by atoms with Crippen LogP contribution >= 0.6 is 0 Å². The molecule has 0 spiro atoms. The van der Waals surface area contributed by atoms with E-state index in [1.54, 1.807) is 6.34 Å². The lowest BCUT2D eigenvalue weighted by Crippen LogP contribution is -2.56. The third kappa shape index (κ3) is 13.0. The van der Waals surface area contributed by atoms with Gasteiger partial charge in [0, 0.05) is 71.6 Å². The summed E-state index contributed by atoms with van der Waals surface area (Å²) in [6.45, 7) is 3.89. The van der Waals surface area contributed by atoms with Crippen LogP contribution in [0.2, 0.25) is 0 Å². The monoisotopic (exact) mass is 686 g/mol. The quantitative estimate of drug-likeness (QED) is 0.0468. The van der Waals surface area contributed by atoms with Crippen molar-refractivity contribution in [3.63, 3.8) is 0 Å². The van der Waals surface area contributed by atoms with Crippen molar-refractivity contribution in [3.8, 4) is 0 Å². The van der Waals surface area contributed by atoms with Crippen LogP contribution < -0.4 is 26.6 Å². The number of likely N-dealkylation sites (tertiary alicyclic amines) is 1. The van der Waals surface area contributed by atoms with E-state index in [-0.39, 0.29) is 82.2 Å². The van der Waals surface area contributed by atoms with Gasteiger partial charge in [0.1, 0.15) is 18.1 Å². The summed E-state index contributed by atoms with van der Waals surface area (Å²) in [5, 5.41) is 20.3. The second-order valence-electron chi connectivity index (χ2n) is 11.6. The third-order valence-electron chi connectivity index (χ3n) is 7.73. The van der Waals surface area contributed by atoms with Crippen LogP contribution in [0.4, 0.5) is 0 Å². The molecule has 2 saturated heterocycles. The van der Waals surface area contributed by atoms with E-state index in [1.165, 1.54) is 9.21 Å². The molecule has 0 bridgehead atoms. The maximum Gasteiger partial charge on any atom is 0.300 e. The average Bonchev–Trinajstić information content (AvgIpc) is 3.88. The number of hydrazone groups is 2. The molecular formula is C27H46N10O9S. The first-order valence-electron chi connectivity index (χ1n) is 15.6. The van der Waals surface area contributed by atoms with E-state index in [0.717, 1.165) is 39.2 Å². The average molecular weight is 687 g/mol. The number of piperidine rings is 1. The van der Waals surface area contributed by atoms with Crippen LogP contribution in [-0.2, 0) is 38.9 Å². The molecule has 19 nitrogen and oxygen atoms in total. The van der Waals surface area contributed by atoms with E-state index in [1.807, 2.05) is 4.90 Å². The summed E-state index contributed by atoms with van der Waals surface area (Å²) >= 11 is 0. The van der Waals surface area contributed by atoms with E-state index >= 15 is 0 Å². The van der Waals surface area contributed by atoms with Crippen molar-refractivity contribution in [2.45, 2.75) is 64.0 Å². The van der Waals surface area contributed by atoms with Crippen LogP contribution in [0.15, 0.2) is 10.2 Å². The molecule has 2 atom stereocenters.